The Morgan fingerprint density at radius 1 is 1.35 bits per heavy atom. The molecule has 1 aromatic rings. The highest BCUT2D eigenvalue weighted by molar-refractivity contribution is 6.32. The van der Waals surface area contributed by atoms with Crippen LogP contribution in [0.25, 0.3) is 0 Å². The molecule has 0 aliphatic carbocycles. The fraction of sp³-hybridized carbons (Fsp3) is 0.500. The van der Waals surface area contributed by atoms with E-state index in [0.717, 1.165) is 12.1 Å². The van der Waals surface area contributed by atoms with Crippen LogP contribution in [0, 0.1) is 0 Å². The summed E-state index contributed by atoms with van der Waals surface area (Å²) in [6.45, 7) is 1.80. The van der Waals surface area contributed by atoms with Gasteiger partial charge in [-0.3, -0.25) is 0 Å². The van der Waals surface area contributed by atoms with Crippen LogP contribution >= 0.6 is 11.6 Å². The molecule has 0 atom stereocenters. The van der Waals surface area contributed by atoms with Crippen molar-refractivity contribution >= 4 is 11.6 Å². The summed E-state index contributed by atoms with van der Waals surface area (Å²) in [5, 5.41) is 0.531. The van der Waals surface area contributed by atoms with Gasteiger partial charge in [0.1, 0.15) is 6.61 Å². The SMILES string of the molecule is COc1cc(CN)cc(Cl)c1OCCN(C)C. The Labute approximate surface area is 107 Å². The maximum absolute atomic E-state index is 6.13. The molecule has 0 saturated heterocycles. The van der Waals surface area contributed by atoms with Gasteiger partial charge in [-0.1, -0.05) is 11.6 Å². The second-order valence-electron chi connectivity index (χ2n) is 3.96. The summed E-state index contributed by atoms with van der Waals surface area (Å²) in [6.07, 6.45) is 0. The summed E-state index contributed by atoms with van der Waals surface area (Å²) in [5.41, 5.74) is 6.49. The molecule has 0 spiro atoms. The lowest BCUT2D eigenvalue weighted by Crippen LogP contribution is -2.19. The number of halogens is 1. The van der Waals surface area contributed by atoms with Gasteiger partial charge in [0.25, 0.3) is 0 Å². The summed E-state index contributed by atoms with van der Waals surface area (Å²) in [7, 11) is 5.56. The highest BCUT2D eigenvalue weighted by atomic mass is 35.5. The van der Waals surface area contributed by atoms with Crippen molar-refractivity contribution in [3.63, 3.8) is 0 Å². The third-order valence-electron chi connectivity index (χ3n) is 2.31. The van der Waals surface area contributed by atoms with E-state index >= 15 is 0 Å². The number of nitrogens with zero attached hydrogens (tertiary/aromatic N) is 1. The van der Waals surface area contributed by atoms with Gasteiger partial charge < -0.3 is 20.1 Å². The summed E-state index contributed by atoms with van der Waals surface area (Å²) >= 11 is 6.13. The van der Waals surface area contributed by atoms with Gasteiger partial charge in [-0.05, 0) is 31.8 Å². The van der Waals surface area contributed by atoms with Crippen molar-refractivity contribution in [2.75, 3.05) is 34.4 Å². The molecule has 0 unspecified atom stereocenters. The first-order chi connectivity index (χ1) is 8.08. The van der Waals surface area contributed by atoms with Crippen LogP contribution in [0.1, 0.15) is 5.56 Å². The molecular formula is C12H19ClN2O2. The van der Waals surface area contributed by atoms with E-state index in [1.807, 2.05) is 25.1 Å². The van der Waals surface area contributed by atoms with Gasteiger partial charge in [-0.15, -0.1) is 0 Å². The molecule has 5 heteroatoms. The highest BCUT2D eigenvalue weighted by Crippen LogP contribution is 2.36. The van der Waals surface area contributed by atoms with E-state index in [1.54, 1.807) is 13.2 Å². The standard InChI is InChI=1S/C12H19ClN2O2/c1-15(2)4-5-17-12-10(13)6-9(8-14)7-11(12)16-3/h6-7H,4-5,8,14H2,1-3H3. The summed E-state index contributed by atoms with van der Waals surface area (Å²) in [5.74, 6) is 1.20. The molecule has 0 aromatic heterocycles. The van der Waals surface area contributed by atoms with Crippen LogP contribution in [0.2, 0.25) is 5.02 Å². The van der Waals surface area contributed by atoms with E-state index < -0.39 is 0 Å². The lowest BCUT2D eigenvalue weighted by molar-refractivity contribution is 0.251. The number of hydrogen-bond acceptors (Lipinski definition) is 4. The summed E-state index contributed by atoms with van der Waals surface area (Å²) < 4.78 is 10.9. The number of hydrogen-bond donors (Lipinski definition) is 1. The van der Waals surface area contributed by atoms with Gasteiger partial charge in [-0.2, -0.15) is 0 Å². The molecule has 96 valence electrons. The molecule has 0 radical (unpaired) electrons. The molecule has 0 amide bonds. The predicted octanol–water partition coefficient (Wildman–Crippen LogP) is 1.75. The van der Waals surface area contributed by atoms with E-state index in [1.165, 1.54) is 0 Å². The van der Waals surface area contributed by atoms with Crippen LogP contribution < -0.4 is 15.2 Å². The van der Waals surface area contributed by atoms with Crippen molar-refractivity contribution in [2.45, 2.75) is 6.54 Å². The molecule has 0 saturated carbocycles. The van der Waals surface area contributed by atoms with Gasteiger partial charge in [0.2, 0.25) is 0 Å². The fourth-order valence-corrected chi connectivity index (χ4v) is 1.65. The summed E-state index contributed by atoms with van der Waals surface area (Å²) in [4.78, 5) is 2.04. The fourth-order valence-electron chi connectivity index (χ4n) is 1.36. The second-order valence-corrected chi connectivity index (χ2v) is 4.37. The number of rotatable bonds is 6. The molecule has 4 nitrogen and oxygen atoms in total. The minimum Gasteiger partial charge on any atom is -0.493 e. The molecular weight excluding hydrogens is 240 g/mol. The normalized spacial score (nSPS) is 10.7. The average Bonchev–Trinajstić information content (AvgIpc) is 2.30. The van der Waals surface area contributed by atoms with Crippen LogP contribution in [0.15, 0.2) is 12.1 Å². The number of likely N-dealkylation sites (N-methyl/N-ethyl adjacent to an activating group) is 1. The Bertz CT molecular complexity index is 370. The Hall–Kier alpha value is -0.970. The zero-order valence-corrected chi connectivity index (χ0v) is 11.3. The first-order valence-corrected chi connectivity index (χ1v) is 5.80. The lowest BCUT2D eigenvalue weighted by Gasteiger charge is -2.15. The second kappa shape index (κ2) is 6.69. The number of benzene rings is 1. The zero-order valence-electron chi connectivity index (χ0n) is 10.5. The molecule has 1 rings (SSSR count). The van der Waals surface area contributed by atoms with E-state index in [9.17, 15) is 0 Å². The highest BCUT2D eigenvalue weighted by Gasteiger charge is 2.11. The Morgan fingerprint density at radius 3 is 2.59 bits per heavy atom. The number of ether oxygens (including phenoxy) is 2. The van der Waals surface area contributed by atoms with E-state index in [0.29, 0.717) is 29.7 Å². The molecule has 1 aromatic carbocycles. The monoisotopic (exact) mass is 258 g/mol. The van der Waals surface area contributed by atoms with Crippen molar-refractivity contribution < 1.29 is 9.47 Å². The minimum atomic E-state index is 0.425. The van der Waals surface area contributed by atoms with Gasteiger partial charge in [-0.25, -0.2) is 0 Å². The van der Waals surface area contributed by atoms with Crippen molar-refractivity contribution in [3.8, 4) is 11.5 Å². The van der Waals surface area contributed by atoms with E-state index in [2.05, 4.69) is 0 Å². The third-order valence-corrected chi connectivity index (χ3v) is 2.59. The van der Waals surface area contributed by atoms with Gasteiger partial charge in [0.15, 0.2) is 11.5 Å². The predicted molar refractivity (Wildman–Crippen MR) is 69.9 cm³/mol. The number of methoxy groups -OCH3 is 1. The van der Waals surface area contributed by atoms with E-state index in [4.69, 9.17) is 26.8 Å². The largest absolute Gasteiger partial charge is 0.493 e. The summed E-state index contributed by atoms with van der Waals surface area (Å²) in [6, 6.07) is 3.64. The van der Waals surface area contributed by atoms with Crippen LogP contribution in [0.3, 0.4) is 0 Å². The van der Waals surface area contributed by atoms with E-state index in [-0.39, 0.29) is 0 Å². The lowest BCUT2D eigenvalue weighted by atomic mass is 10.2. The quantitative estimate of drug-likeness (QED) is 0.845. The van der Waals surface area contributed by atoms with Crippen LogP contribution in [-0.4, -0.2) is 39.3 Å². The van der Waals surface area contributed by atoms with Crippen molar-refractivity contribution in [1.29, 1.82) is 0 Å². The van der Waals surface area contributed by atoms with Crippen molar-refractivity contribution in [3.05, 3.63) is 22.7 Å². The van der Waals surface area contributed by atoms with Crippen molar-refractivity contribution in [1.82, 2.24) is 4.90 Å². The van der Waals surface area contributed by atoms with Gasteiger partial charge >= 0.3 is 0 Å². The maximum Gasteiger partial charge on any atom is 0.179 e. The van der Waals surface area contributed by atoms with Crippen LogP contribution in [-0.2, 0) is 6.54 Å². The maximum atomic E-state index is 6.13. The zero-order chi connectivity index (χ0) is 12.8. The first-order valence-electron chi connectivity index (χ1n) is 5.42. The third kappa shape index (κ3) is 4.07. The molecule has 0 heterocycles. The molecule has 0 bridgehead atoms. The van der Waals surface area contributed by atoms with Crippen LogP contribution in [0.4, 0.5) is 0 Å². The molecule has 0 fully saturated rings. The van der Waals surface area contributed by atoms with Crippen LogP contribution in [0.5, 0.6) is 11.5 Å². The topological polar surface area (TPSA) is 47.7 Å². The molecule has 17 heavy (non-hydrogen) atoms. The smallest absolute Gasteiger partial charge is 0.179 e. The Kier molecular flexibility index (Phi) is 5.55. The minimum absolute atomic E-state index is 0.425. The average molecular weight is 259 g/mol. The van der Waals surface area contributed by atoms with Crippen molar-refractivity contribution in [2.24, 2.45) is 5.73 Å². The van der Waals surface area contributed by atoms with Gasteiger partial charge in [0, 0.05) is 13.1 Å². The van der Waals surface area contributed by atoms with Gasteiger partial charge in [0.05, 0.1) is 12.1 Å². The Morgan fingerprint density at radius 2 is 2.06 bits per heavy atom. The Balaban J connectivity index is 2.82. The first kappa shape index (κ1) is 14.1. The number of nitrogens with two attached hydrogens (primary N) is 1. The molecule has 0 aliphatic heterocycles. The molecule has 2 N–H and O–H groups in total. The molecule has 0 aliphatic rings.